The summed E-state index contributed by atoms with van der Waals surface area (Å²) in [6.07, 6.45) is 0. The summed E-state index contributed by atoms with van der Waals surface area (Å²) >= 11 is 0. The summed E-state index contributed by atoms with van der Waals surface area (Å²) in [6.45, 7) is 0.115. The average molecular weight is 371 g/mol. The standard InChI is InChI=1S/C14H16FN3O2P2S/c15-12-5-1-10(2-6-12)9-18(22)23(19,20)13-7-3-11(4-8-13)14(16)17-21/h1-8H,9,21-22H2,(H2,16,17). The average Bonchev–Trinajstić information content (AvgIpc) is 2.56. The predicted molar refractivity (Wildman–Crippen MR) is 95.7 cm³/mol. The van der Waals surface area contributed by atoms with E-state index in [0.717, 1.165) is 4.08 Å². The van der Waals surface area contributed by atoms with Gasteiger partial charge in [-0.25, -0.2) is 12.8 Å². The van der Waals surface area contributed by atoms with Crippen LogP contribution in [0.15, 0.2) is 58.2 Å². The highest BCUT2D eigenvalue weighted by Gasteiger charge is 2.21. The molecule has 0 spiro atoms. The van der Waals surface area contributed by atoms with Gasteiger partial charge in [0.1, 0.15) is 11.7 Å². The Hall–Kier alpha value is -1.39. The van der Waals surface area contributed by atoms with Crippen LogP contribution in [0.2, 0.25) is 0 Å². The molecule has 0 aliphatic heterocycles. The fraction of sp³-hybridized carbons (Fsp3) is 0.0714. The SMILES string of the molecule is N/C(=N\P)c1ccc(S(=O)(=O)N(P)Cc2ccc(F)cc2)cc1. The lowest BCUT2D eigenvalue weighted by molar-refractivity contribution is 0.539. The molecule has 2 N–H and O–H groups in total. The van der Waals surface area contributed by atoms with E-state index >= 15 is 0 Å². The number of nitrogens with two attached hydrogens (primary N) is 1. The number of hydrogen-bond donors (Lipinski definition) is 1. The molecule has 2 aromatic rings. The quantitative estimate of drug-likeness (QED) is 0.498. The molecule has 0 aliphatic rings. The van der Waals surface area contributed by atoms with Crippen LogP contribution in [0.4, 0.5) is 4.39 Å². The van der Waals surface area contributed by atoms with Crippen LogP contribution < -0.4 is 5.73 Å². The fourth-order valence-corrected chi connectivity index (χ4v) is 3.66. The van der Waals surface area contributed by atoms with Crippen LogP contribution in [-0.4, -0.2) is 18.3 Å². The highest BCUT2D eigenvalue weighted by atomic mass is 32.2. The van der Waals surface area contributed by atoms with Crippen molar-refractivity contribution in [2.45, 2.75) is 11.4 Å². The van der Waals surface area contributed by atoms with Gasteiger partial charge in [0.25, 0.3) is 0 Å². The van der Waals surface area contributed by atoms with E-state index in [1.807, 2.05) is 0 Å². The molecular formula is C14H16FN3O2P2S. The molecule has 2 unspecified atom stereocenters. The second-order valence-electron chi connectivity index (χ2n) is 4.72. The van der Waals surface area contributed by atoms with Crippen LogP contribution in [0.5, 0.6) is 0 Å². The number of sulfonamides is 1. The van der Waals surface area contributed by atoms with E-state index in [2.05, 4.69) is 23.5 Å². The van der Waals surface area contributed by atoms with Crippen molar-refractivity contribution in [2.24, 2.45) is 10.5 Å². The van der Waals surface area contributed by atoms with Gasteiger partial charge in [0.05, 0.1) is 4.90 Å². The molecule has 0 radical (unpaired) electrons. The number of nitrogens with zero attached hydrogens (tertiary/aromatic N) is 2. The molecule has 0 heterocycles. The van der Waals surface area contributed by atoms with E-state index < -0.39 is 10.0 Å². The maximum atomic E-state index is 12.9. The third-order valence-corrected chi connectivity index (χ3v) is 6.06. The summed E-state index contributed by atoms with van der Waals surface area (Å²) in [6, 6.07) is 11.8. The van der Waals surface area contributed by atoms with Gasteiger partial charge in [-0.15, -0.1) is 0 Å². The van der Waals surface area contributed by atoms with Crippen LogP contribution in [0.25, 0.3) is 0 Å². The van der Waals surface area contributed by atoms with E-state index in [9.17, 15) is 12.8 Å². The summed E-state index contributed by atoms with van der Waals surface area (Å²) < 4.78 is 42.8. The maximum absolute atomic E-state index is 12.9. The van der Waals surface area contributed by atoms with Crippen molar-refractivity contribution < 1.29 is 12.8 Å². The minimum atomic E-state index is -3.68. The summed E-state index contributed by atoms with van der Waals surface area (Å²) in [4.78, 5) is 0.134. The van der Waals surface area contributed by atoms with Crippen LogP contribution in [-0.2, 0) is 16.6 Å². The minimum Gasteiger partial charge on any atom is -0.383 e. The van der Waals surface area contributed by atoms with Gasteiger partial charge in [0.2, 0.25) is 10.0 Å². The Labute approximate surface area is 139 Å². The molecule has 0 aliphatic carbocycles. The Bertz CT molecular complexity index is 809. The third-order valence-electron chi connectivity index (χ3n) is 3.15. The molecule has 0 fully saturated rings. The predicted octanol–water partition coefficient (Wildman–Crippen LogP) is 2.30. The first-order valence-corrected chi connectivity index (χ1v) is 8.97. The molecule has 2 aromatic carbocycles. The summed E-state index contributed by atoms with van der Waals surface area (Å²) in [7, 11) is 0.646. The Morgan fingerprint density at radius 1 is 1.13 bits per heavy atom. The van der Waals surface area contributed by atoms with E-state index in [1.165, 1.54) is 24.3 Å². The van der Waals surface area contributed by atoms with Gasteiger partial charge >= 0.3 is 0 Å². The Kier molecular flexibility index (Phi) is 5.82. The van der Waals surface area contributed by atoms with Crippen molar-refractivity contribution in [2.75, 3.05) is 0 Å². The van der Waals surface area contributed by atoms with Gasteiger partial charge in [-0.3, -0.25) is 4.76 Å². The topological polar surface area (TPSA) is 75.8 Å². The van der Waals surface area contributed by atoms with Crippen LogP contribution in [0.3, 0.4) is 0 Å². The third kappa shape index (κ3) is 4.33. The van der Waals surface area contributed by atoms with E-state index in [-0.39, 0.29) is 17.3 Å². The Morgan fingerprint density at radius 2 is 1.70 bits per heavy atom. The molecule has 0 saturated heterocycles. The first-order valence-electron chi connectivity index (χ1n) is 6.50. The van der Waals surface area contributed by atoms with Gasteiger partial charge in [-0.2, -0.15) is 4.08 Å². The first kappa shape index (κ1) is 18.0. The number of hydrogen-bond acceptors (Lipinski definition) is 3. The molecule has 0 bridgehead atoms. The molecule has 23 heavy (non-hydrogen) atoms. The monoisotopic (exact) mass is 371 g/mol. The molecule has 0 aromatic heterocycles. The molecular weight excluding hydrogens is 355 g/mol. The lowest BCUT2D eigenvalue weighted by atomic mass is 10.2. The number of halogens is 1. The molecule has 2 atom stereocenters. The smallest absolute Gasteiger partial charge is 0.246 e. The normalized spacial score (nSPS) is 12.6. The zero-order valence-corrected chi connectivity index (χ0v) is 15.2. The van der Waals surface area contributed by atoms with Gasteiger partial charge in [-0.1, -0.05) is 12.1 Å². The van der Waals surface area contributed by atoms with Crippen molar-refractivity contribution in [1.29, 1.82) is 0 Å². The van der Waals surface area contributed by atoms with Crippen molar-refractivity contribution in [3.8, 4) is 0 Å². The second-order valence-corrected chi connectivity index (χ2v) is 7.86. The molecule has 122 valence electrons. The summed E-state index contributed by atoms with van der Waals surface area (Å²) in [5.41, 5.74) is 6.98. The lowest BCUT2D eigenvalue weighted by Crippen LogP contribution is -2.21. The molecule has 0 amide bonds. The van der Waals surface area contributed by atoms with Crippen molar-refractivity contribution in [3.05, 3.63) is 65.5 Å². The van der Waals surface area contributed by atoms with Gasteiger partial charge in [0, 0.05) is 12.1 Å². The van der Waals surface area contributed by atoms with Gasteiger partial charge in [0.15, 0.2) is 0 Å². The van der Waals surface area contributed by atoms with E-state index in [4.69, 9.17) is 5.73 Å². The molecule has 5 nitrogen and oxygen atoms in total. The van der Waals surface area contributed by atoms with Crippen LogP contribution in [0.1, 0.15) is 11.1 Å². The molecule has 9 heteroatoms. The number of benzene rings is 2. The second kappa shape index (κ2) is 7.45. The minimum absolute atomic E-state index is 0.115. The Balaban J connectivity index is 2.21. The van der Waals surface area contributed by atoms with Crippen molar-refractivity contribution >= 4 is 34.6 Å². The fourth-order valence-electron chi connectivity index (χ4n) is 1.86. The lowest BCUT2D eigenvalue weighted by Gasteiger charge is -2.17. The highest BCUT2D eigenvalue weighted by Crippen LogP contribution is 2.22. The molecule has 2 rings (SSSR count). The summed E-state index contributed by atoms with van der Waals surface area (Å²) in [5, 5.41) is 0. The van der Waals surface area contributed by atoms with Gasteiger partial charge in [-0.05, 0) is 60.7 Å². The van der Waals surface area contributed by atoms with Crippen molar-refractivity contribution in [3.63, 3.8) is 0 Å². The van der Waals surface area contributed by atoms with Gasteiger partial charge < -0.3 is 5.73 Å². The largest absolute Gasteiger partial charge is 0.383 e. The number of rotatable bonds is 5. The zero-order valence-electron chi connectivity index (χ0n) is 12.1. The Morgan fingerprint density at radius 3 is 2.22 bits per heavy atom. The van der Waals surface area contributed by atoms with Crippen LogP contribution in [0, 0.1) is 5.82 Å². The number of amidine groups is 1. The highest BCUT2D eigenvalue weighted by molar-refractivity contribution is 7.91. The van der Waals surface area contributed by atoms with Crippen molar-refractivity contribution in [1.82, 2.24) is 4.08 Å². The van der Waals surface area contributed by atoms with E-state index in [0.29, 0.717) is 17.0 Å². The maximum Gasteiger partial charge on any atom is 0.246 e. The van der Waals surface area contributed by atoms with E-state index in [1.54, 1.807) is 24.3 Å². The summed E-state index contributed by atoms with van der Waals surface area (Å²) in [5.74, 6) is -0.0659. The zero-order chi connectivity index (χ0) is 17.0. The molecule has 0 saturated carbocycles. The first-order chi connectivity index (χ1) is 10.8. The van der Waals surface area contributed by atoms with Crippen LogP contribution >= 0.6 is 18.8 Å².